The van der Waals surface area contributed by atoms with E-state index in [1.54, 1.807) is 29.3 Å². The van der Waals surface area contributed by atoms with Crippen molar-refractivity contribution in [3.8, 4) is 0 Å². The molecule has 1 saturated heterocycles. The molecule has 38 heavy (non-hydrogen) atoms. The summed E-state index contributed by atoms with van der Waals surface area (Å²) in [6.45, 7) is 3.41. The van der Waals surface area contributed by atoms with Crippen LogP contribution < -0.4 is 10.9 Å². The molecule has 3 rings (SSSR count). The molecule has 2 aromatic heterocycles. The molecule has 0 radical (unpaired) electrons. The zero-order valence-corrected chi connectivity index (χ0v) is 23.7. The lowest BCUT2D eigenvalue weighted by atomic mass is 10.1. The largest absolute Gasteiger partial charge is 0.481 e. The third-order valence-corrected chi connectivity index (χ3v) is 7.89. The summed E-state index contributed by atoms with van der Waals surface area (Å²) in [5.74, 6) is -0.394. The number of carboxylic acid groups (broad SMARTS) is 1. The molecule has 206 valence electrons. The number of amides is 1. The van der Waals surface area contributed by atoms with Gasteiger partial charge in [-0.2, -0.15) is 0 Å². The fourth-order valence-electron chi connectivity index (χ4n) is 4.38. The van der Waals surface area contributed by atoms with E-state index in [4.69, 9.17) is 17.3 Å². The number of anilines is 1. The van der Waals surface area contributed by atoms with Crippen LogP contribution in [0.5, 0.6) is 0 Å². The predicted octanol–water partition coefficient (Wildman–Crippen LogP) is 6.09. The molecule has 3 heterocycles. The summed E-state index contributed by atoms with van der Waals surface area (Å²) < 4.78 is 2.02. The number of nitrogens with zero attached hydrogens (tertiary/aromatic N) is 3. The molecule has 1 aliphatic heterocycles. The van der Waals surface area contributed by atoms with Crippen molar-refractivity contribution in [1.29, 1.82) is 0 Å². The number of carboxylic acids is 1. The van der Waals surface area contributed by atoms with Crippen LogP contribution in [-0.4, -0.2) is 48.7 Å². The lowest BCUT2D eigenvalue weighted by molar-refractivity contribution is -0.137. The number of aromatic nitrogens is 2. The van der Waals surface area contributed by atoms with Gasteiger partial charge in [-0.15, -0.1) is 0 Å². The smallest absolute Gasteiger partial charge is 0.303 e. The first-order valence-electron chi connectivity index (χ1n) is 13.6. The van der Waals surface area contributed by atoms with Crippen molar-refractivity contribution in [3.05, 3.63) is 45.2 Å². The number of fused-ring (bicyclic) bond motifs is 1. The van der Waals surface area contributed by atoms with Crippen molar-refractivity contribution < 1.29 is 14.7 Å². The van der Waals surface area contributed by atoms with Crippen molar-refractivity contribution in [1.82, 2.24) is 14.3 Å². The van der Waals surface area contributed by atoms with Crippen molar-refractivity contribution in [2.24, 2.45) is 0 Å². The molecule has 1 amide bonds. The molecule has 2 aromatic rings. The van der Waals surface area contributed by atoms with E-state index in [1.807, 2.05) is 6.07 Å². The maximum Gasteiger partial charge on any atom is 0.303 e. The Hall–Kier alpha value is -2.72. The Balaban J connectivity index is 1.58. The van der Waals surface area contributed by atoms with Gasteiger partial charge in [-0.3, -0.25) is 23.7 Å². The Labute approximate surface area is 233 Å². The van der Waals surface area contributed by atoms with E-state index in [9.17, 15) is 14.4 Å². The van der Waals surface area contributed by atoms with Gasteiger partial charge >= 0.3 is 5.97 Å². The first-order valence-corrected chi connectivity index (χ1v) is 14.9. The normalized spacial score (nSPS) is 14.7. The number of carbonyl (C=O) groups is 2. The van der Waals surface area contributed by atoms with Gasteiger partial charge in [0, 0.05) is 25.7 Å². The highest BCUT2D eigenvalue weighted by Crippen LogP contribution is 2.33. The van der Waals surface area contributed by atoms with Crippen molar-refractivity contribution in [3.63, 3.8) is 0 Å². The second-order valence-corrected chi connectivity index (χ2v) is 11.2. The van der Waals surface area contributed by atoms with E-state index >= 15 is 0 Å². The lowest BCUT2D eigenvalue weighted by Crippen LogP contribution is -2.29. The van der Waals surface area contributed by atoms with Gasteiger partial charge in [0.1, 0.15) is 15.8 Å². The van der Waals surface area contributed by atoms with Crippen molar-refractivity contribution in [2.45, 2.75) is 84.0 Å². The zero-order chi connectivity index (χ0) is 27.3. The van der Waals surface area contributed by atoms with Gasteiger partial charge < -0.3 is 10.4 Å². The van der Waals surface area contributed by atoms with Gasteiger partial charge in [0.2, 0.25) is 0 Å². The summed E-state index contributed by atoms with van der Waals surface area (Å²) in [5, 5.41) is 12.0. The minimum atomic E-state index is -0.726. The van der Waals surface area contributed by atoms with Crippen LogP contribution in [0.1, 0.15) is 89.5 Å². The number of hydrogen-bond acceptors (Lipinski definition) is 7. The Bertz CT molecular complexity index is 1210. The van der Waals surface area contributed by atoms with Gasteiger partial charge in [0.15, 0.2) is 0 Å². The van der Waals surface area contributed by atoms with E-state index in [0.29, 0.717) is 39.3 Å². The third kappa shape index (κ3) is 8.66. The second kappa shape index (κ2) is 15.6. The summed E-state index contributed by atoms with van der Waals surface area (Å²) in [6, 6.07) is 5.42. The molecule has 0 atom stereocenters. The summed E-state index contributed by atoms with van der Waals surface area (Å²) in [7, 11) is 0. The molecule has 0 unspecified atom stereocenters. The number of carbonyl (C=O) groups excluding carboxylic acids is 1. The molecule has 0 aliphatic carbocycles. The average molecular weight is 559 g/mol. The average Bonchev–Trinajstić information content (AvgIpc) is 3.16. The maximum atomic E-state index is 13.3. The fourth-order valence-corrected chi connectivity index (χ4v) is 5.67. The Kier molecular flexibility index (Phi) is 12.3. The van der Waals surface area contributed by atoms with Crippen molar-refractivity contribution in [2.75, 3.05) is 18.4 Å². The van der Waals surface area contributed by atoms with Gasteiger partial charge in [-0.1, -0.05) is 88.3 Å². The molecular weight excluding hydrogens is 520 g/mol. The van der Waals surface area contributed by atoms with Crippen LogP contribution in [0.2, 0.25) is 0 Å². The van der Waals surface area contributed by atoms with Crippen LogP contribution in [0.3, 0.4) is 0 Å². The molecule has 8 nitrogen and oxygen atoms in total. The molecule has 0 spiro atoms. The second-order valence-electron chi connectivity index (χ2n) is 9.55. The summed E-state index contributed by atoms with van der Waals surface area (Å²) in [4.78, 5) is 43.8. The highest BCUT2D eigenvalue weighted by Gasteiger charge is 2.32. The Morgan fingerprint density at radius 3 is 2.47 bits per heavy atom. The third-order valence-electron chi connectivity index (χ3n) is 6.51. The lowest BCUT2D eigenvalue weighted by Gasteiger charge is -2.14. The maximum absolute atomic E-state index is 13.3. The highest BCUT2D eigenvalue weighted by atomic mass is 32.2. The molecule has 2 N–H and O–H groups in total. The SMILES string of the molecule is CCCCCNc1nc2ccccn2c(=O)c1/C=C1/SC(=S)N(CCCCCCCCCCC(=O)O)C1=O. The van der Waals surface area contributed by atoms with Gasteiger partial charge in [-0.05, 0) is 37.5 Å². The summed E-state index contributed by atoms with van der Waals surface area (Å²) >= 11 is 6.74. The van der Waals surface area contributed by atoms with Crippen LogP contribution in [0.25, 0.3) is 11.7 Å². The number of nitrogens with one attached hydrogen (secondary N) is 1. The van der Waals surface area contributed by atoms with Crippen LogP contribution in [0.15, 0.2) is 34.1 Å². The number of thiocarbonyl (C=S) groups is 1. The number of hydrogen-bond donors (Lipinski definition) is 2. The van der Waals surface area contributed by atoms with Crippen molar-refractivity contribution >= 4 is 57.7 Å². The fraction of sp³-hybridized carbons (Fsp3) is 0.536. The number of pyridine rings is 1. The van der Waals surface area contributed by atoms with Gasteiger partial charge in [0.25, 0.3) is 11.5 Å². The zero-order valence-electron chi connectivity index (χ0n) is 22.1. The van der Waals surface area contributed by atoms with Crippen LogP contribution in [-0.2, 0) is 9.59 Å². The number of rotatable bonds is 17. The first kappa shape index (κ1) is 29.8. The van der Waals surface area contributed by atoms with E-state index in [1.165, 1.54) is 16.2 Å². The van der Waals surface area contributed by atoms with E-state index < -0.39 is 5.97 Å². The van der Waals surface area contributed by atoms with E-state index in [0.717, 1.165) is 70.6 Å². The van der Waals surface area contributed by atoms with Gasteiger partial charge in [-0.25, -0.2) is 4.98 Å². The van der Waals surface area contributed by atoms with Crippen LogP contribution >= 0.6 is 24.0 Å². The summed E-state index contributed by atoms with van der Waals surface area (Å²) in [6.07, 6.45) is 14.7. The Morgan fingerprint density at radius 1 is 1.05 bits per heavy atom. The first-order chi connectivity index (χ1) is 18.4. The molecule has 10 heteroatoms. The molecular formula is C28H38N4O4S2. The van der Waals surface area contributed by atoms with Crippen LogP contribution in [0, 0.1) is 0 Å². The predicted molar refractivity (Wildman–Crippen MR) is 159 cm³/mol. The number of thioether (sulfide) groups is 1. The standard InChI is InChI=1S/C28H38N4O4S2/c1-2-3-12-17-29-25-21(26(35)31-18-14-11-15-23(31)30-25)20-22-27(36)32(28(37)38-22)19-13-9-7-5-4-6-8-10-16-24(33)34/h11,14-15,18,20,29H,2-10,12-13,16-17,19H2,1H3,(H,33,34)/b22-20+. The number of aliphatic carboxylic acids is 1. The minimum absolute atomic E-state index is 0.159. The summed E-state index contributed by atoms with van der Waals surface area (Å²) in [5.41, 5.74) is 0.705. The molecule has 0 bridgehead atoms. The molecule has 1 fully saturated rings. The van der Waals surface area contributed by atoms with E-state index in [-0.39, 0.29) is 17.9 Å². The monoisotopic (exact) mass is 558 g/mol. The van der Waals surface area contributed by atoms with E-state index in [2.05, 4.69) is 17.2 Å². The van der Waals surface area contributed by atoms with Gasteiger partial charge in [0.05, 0.1) is 10.5 Å². The molecule has 0 aromatic carbocycles. The molecule has 0 saturated carbocycles. The minimum Gasteiger partial charge on any atom is -0.481 e. The quantitative estimate of drug-likeness (QED) is 0.136. The molecule has 1 aliphatic rings. The van der Waals surface area contributed by atoms with Crippen LogP contribution in [0.4, 0.5) is 5.82 Å². The number of unbranched alkanes of at least 4 members (excludes halogenated alkanes) is 9. The topological polar surface area (TPSA) is 104 Å². The Morgan fingerprint density at radius 2 is 1.76 bits per heavy atom. The highest BCUT2D eigenvalue weighted by molar-refractivity contribution is 8.26.